The van der Waals surface area contributed by atoms with Gasteiger partial charge in [0.05, 0.1) is 0 Å². The third-order valence-corrected chi connectivity index (χ3v) is 3.68. The van der Waals surface area contributed by atoms with Crippen molar-refractivity contribution in [2.45, 2.75) is 25.8 Å². The lowest BCUT2D eigenvalue weighted by Gasteiger charge is -2.25. The van der Waals surface area contributed by atoms with Crippen molar-refractivity contribution in [2.24, 2.45) is 5.73 Å². The zero-order valence-electron chi connectivity index (χ0n) is 9.73. The van der Waals surface area contributed by atoms with Gasteiger partial charge in [-0.15, -0.1) is 11.3 Å². The van der Waals surface area contributed by atoms with Crippen molar-refractivity contribution in [1.29, 1.82) is 0 Å². The van der Waals surface area contributed by atoms with Crippen molar-refractivity contribution in [3.63, 3.8) is 0 Å². The predicted molar refractivity (Wildman–Crippen MR) is 70.7 cm³/mol. The first-order valence-corrected chi connectivity index (χ1v) is 6.34. The molecule has 0 saturated carbocycles. The standard InChI is InChI=1S/C14H17NS/c1-11-5-3-6-12(9-11)14(2,15)10-13-7-4-8-16-13/h3-9H,10,15H2,1-2H3. The van der Waals surface area contributed by atoms with Gasteiger partial charge in [0.25, 0.3) is 0 Å². The van der Waals surface area contributed by atoms with Gasteiger partial charge in [-0.2, -0.15) is 0 Å². The number of rotatable bonds is 3. The second-order valence-electron chi connectivity index (χ2n) is 4.54. The maximum atomic E-state index is 6.40. The van der Waals surface area contributed by atoms with E-state index >= 15 is 0 Å². The van der Waals surface area contributed by atoms with E-state index in [4.69, 9.17) is 5.73 Å². The van der Waals surface area contributed by atoms with Gasteiger partial charge in [0.2, 0.25) is 0 Å². The minimum atomic E-state index is -0.281. The van der Waals surface area contributed by atoms with Gasteiger partial charge in [0, 0.05) is 16.8 Å². The molecule has 0 bridgehead atoms. The van der Waals surface area contributed by atoms with E-state index in [1.165, 1.54) is 16.0 Å². The smallest absolute Gasteiger partial charge is 0.0429 e. The second-order valence-corrected chi connectivity index (χ2v) is 5.58. The molecular weight excluding hydrogens is 214 g/mol. The number of benzene rings is 1. The minimum Gasteiger partial charge on any atom is -0.321 e. The maximum Gasteiger partial charge on any atom is 0.0429 e. The van der Waals surface area contributed by atoms with E-state index in [1.54, 1.807) is 11.3 Å². The zero-order valence-corrected chi connectivity index (χ0v) is 10.6. The first-order chi connectivity index (χ1) is 7.58. The van der Waals surface area contributed by atoms with Crippen LogP contribution in [0.25, 0.3) is 0 Å². The molecule has 0 amide bonds. The highest BCUT2D eigenvalue weighted by Crippen LogP contribution is 2.25. The molecule has 2 aromatic rings. The van der Waals surface area contributed by atoms with E-state index in [0.29, 0.717) is 0 Å². The molecule has 16 heavy (non-hydrogen) atoms. The third kappa shape index (κ3) is 2.52. The highest BCUT2D eigenvalue weighted by Gasteiger charge is 2.21. The molecule has 1 aromatic heterocycles. The van der Waals surface area contributed by atoms with Crippen LogP contribution < -0.4 is 5.73 Å². The summed E-state index contributed by atoms with van der Waals surface area (Å²) in [4.78, 5) is 1.34. The van der Waals surface area contributed by atoms with Gasteiger partial charge in [0.1, 0.15) is 0 Å². The Balaban J connectivity index is 2.24. The van der Waals surface area contributed by atoms with Crippen molar-refractivity contribution in [1.82, 2.24) is 0 Å². The Morgan fingerprint density at radius 1 is 1.25 bits per heavy atom. The molecule has 1 atom stereocenters. The zero-order chi connectivity index (χ0) is 11.6. The maximum absolute atomic E-state index is 6.40. The van der Waals surface area contributed by atoms with Gasteiger partial charge in [-0.1, -0.05) is 35.9 Å². The summed E-state index contributed by atoms with van der Waals surface area (Å²) < 4.78 is 0. The summed E-state index contributed by atoms with van der Waals surface area (Å²) in [5.41, 5.74) is 8.60. The Morgan fingerprint density at radius 3 is 2.69 bits per heavy atom. The molecule has 0 aliphatic heterocycles. The van der Waals surface area contributed by atoms with Gasteiger partial charge in [-0.05, 0) is 30.9 Å². The van der Waals surface area contributed by atoms with Crippen molar-refractivity contribution in [2.75, 3.05) is 0 Å². The van der Waals surface area contributed by atoms with Crippen LogP contribution in [0.3, 0.4) is 0 Å². The molecule has 0 aliphatic rings. The fourth-order valence-electron chi connectivity index (χ4n) is 1.88. The summed E-state index contributed by atoms with van der Waals surface area (Å²) in [6, 6.07) is 12.7. The molecule has 0 saturated heterocycles. The summed E-state index contributed by atoms with van der Waals surface area (Å²) in [5, 5.41) is 2.10. The topological polar surface area (TPSA) is 26.0 Å². The lowest BCUT2D eigenvalue weighted by Crippen LogP contribution is -2.35. The van der Waals surface area contributed by atoms with Gasteiger partial charge < -0.3 is 5.73 Å². The molecule has 0 spiro atoms. The van der Waals surface area contributed by atoms with Crippen molar-refractivity contribution in [3.05, 3.63) is 57.8 Å². The van der Waals surface area contributed by atoms with Crippen LogP contribution in [-0.2, 0) is 12.0 Å². The quantitative estimate of drug-likeness (QED) is 0.860. The molecule has 1 nitrogen and oxygen atoms in total. The molecule has 1 unspecified atom stereocenters. The Bertz CT molecular complexity index is 457. The van der Waals surface area contributed by atoms with Crippen LogP contribution in [-0.4, -0.2) is 0 Å². The molecule has 2 rings (SSSR count). The molecule has 0 fully saturated rings. The monoisotopic (exact) mass is 231 g/mol. The van der Waals surface area contributed by atoms with Crippen LogP contribution in [0.2, 0.25) is 0 Å². The Kier molecular flexibility index (Phi) is 3.13. The summed E-state index contributed by atoms with van der Waals surface area (Å²) >= 11 is 1.77. The van der Waals surface area contributed by atoms with Gasteiger partial charge in [-0.25, -0.2) is 0 Å². The van der Waals surface area contributed by atoms with E-state index in [-0.39, 0.29) is 5.54 Å². The van der Waals surface area contributed by atoms with Gasteiger partial charge >= 0.3 is 0 Å². The second kappa shape index (κ2) is 4.40. The number of aryl methyl sites for hydroxylation is 1. The molecule has 0 aliphatic carbocycles. The van der Waals surface area contributed by atoms with Gasteiger partial charge in [-0.3, -0.25) is 0 Å². The normalized spacial score (nSPS) is 14.7. The fourth-order valence-corrected chi connectivity index (χ4v) is 2.75. The Hall–Kier alpha value is -1.12. The van der Waals surface area contributed by atoms with E-state index in [2.05, 4.69) is 55.6 Å². The van der Waals surface area contributed by atoms with Crippen LogP contribution in [0.1, 0.15) is 22.9 Å². The number of thiophene rings is 1. The fraction of sp³-hybridized carbons (Fsp3) is 0.286. The van der Waals surface area contributed by atoms with Crippen molar-refractivity contribution in [3.8, 4) is 0 Å². The third-order valence-electron chi connectivity index (χ3n) is 2.80. The number of nitrogens with two attached hydrogens (primary N) is 1. The van der Waals surface area contributed by atoms with Crippen molar-refractivity contribution >= 4 is 11.3 Å². The summed E-state index contributed by atoms with van der Waals surface area (Å²) in [6.07, 6.45) is 0.897. The molecular formula is C14H17NS. The van der Waals surface area contributed by atoms with E-state index in [1.807, 2.05) is 0 Å². The van der Waals surface area contributed by atoms with Crippen LogP contribution >= 0.6 is 11.3 Å². The van der Waals surface area contributed by atoms with Crippen molar-refractivity contribution < 1.29 is 0 Å². The lowest BCUT2D eigenvalue weighted by atomic mass is 9.88. The number of hydrogen-bond donors (Lipinski definition) is 1. The van der Waals surface area contributed by atoms with E-state index in [0.717, 1.165) is 6.42 Å². The molecule has 2 N–H and O–H groups in total. The summed E-state index contributed by atoms with van der Waals surface area (Å²) in [6.45, 7) is 4.20. The summed E-state index contributed by atoms with van der Waals surface area (Å²) in [7, 11) is 0. The molecule has 2 heteroatoms. The molecule has 84 valence electrons. The van der Waals surface area contributed by atoms with Crippen LogP contribution in [0.15, 0.2) is 41.8 Å². The Morgan fingerprint density at radius 2 is 2.06 bits per heavy atom. The molecule has 0 radical (unpaired) electrons. The molecule has 1 aromatic carbocycles. The minimum absolute atomic E-state index is 0.281. The SMILES string of the molecule is Cc1cccc(C(C)(N)Cc2cccs2)c1. The lowest BCUT2D eigenvalue weighted by molar-refractivity contribution is 0.495. The van der Waals surface area contributed by atoms with Crippen LogP contribution in [0.4, 0.5) is 0 Å². The first-order valence-electron chi connectivity index (χ1n) is 5.46. The average molecular weight is 231 g/mol. The van der Waals surface area contributed by atoms with E-state index in [9.17, 15) is 0 Å². The van der Waals surface area contributed by atoms with Gasteiger partial charge in [0.15, 0.2) is 0 Å². The number of hydrogen-bond acceptors (Lipinski definition) is 2. The van der Waals surface area contributed by atoms with E-state index < -0.39 is 0 Å². The molecule has 1 heterocycles. The largest absolute Gasteiger partial charge is 0.321 e. The first kappa shape index (κ1) is 11.4. The summed E-state index contributed by atoms with van der Waals surface area (Å²) in [5.74, 6) is 0. The van der Waals surface area contributed by atoms with Crippen LogP contribution in [0, 0.1) is 6.92 Å². The highest BCUT2D eigenvalue weighted by atomic mass is 32.1. The van der Waals surface area contributed by atoms with Crippen LogP contribution in [0.5, 0.6) is 0 Å². The Labute approximate surface area is 101 Å². The average Bonchev–Trinajstić information content (AvgIpc) is 2.70. The highest BCUT2D eigenvalue weighted by molar-refractivity contribution is 7.09. The predicted octanol–water partition coefficient (Wildman–Crippen LogP) is 3.47.